The number of rotatable bonds is 2. The Balaban J connectivity index is 2.74. The van der Waals surface area contributed by atoms with Crippen molar-refractivity contribution in [2.75, 3.05) is 5.32 Å². The fourth-order valence-electron chi connectivity index (χ4n) is 0.772. The lowest BCUT2D eigenvalue weighted by molar-refractivity contribution is -0.114. The first-order chi connectivity index (χ1) is 6.13. The molecule has 1 heterocycles. The van der Waals surface area contributed by atoms with Gasteiger partial charge in [0.1, 0.15) is 0 Å². The third kappa shape index (κ3) is 2.31. The molecule has 70 valence electrons. The van der Waals surface area contributed by atoms with Gasteiger partial charge in [0.05, 0.1) is 0 Å². The molecular formula is C7H9N3O3. The largest absolute Gasteiger partial charge is 0.435 e. The van der Waals surface area contributed by atoms with Crippen LogP contribution < -0.4 is 16.6 Å². The summed E-state index contributed by atoms with van der Waals surface area (Å²) >= 11 is 0. The lowest BCUT2D eigenvalue weighted by Crippen LogP contribution is -2.29. The van der Waals surface area contributed by atoms with Crippen molar-refractivity contribution in [3.05, 3.63) is 17.9 Å². The molecule has 13 heavy (non-hydrogen) atoms. The molecule has 0 saturated carbocycles. The van der Waals surface area contributed by atoms with Gasteiger partial charge in [-0.05, 0) is 6.07 Å². The second-order valence-electron chi connectivity index (χ2n) is 2.32. The van der Waals surface area contributed by atoms with Gasteiger partial charge in [-0.25, -0.2) is 5.84 Å². The summed E-state index contributed by atoms with van der Waals surface area (Å²) in [6.07, 6.45) is 0. The Morgan fingerprint density at radius 2 is 2.15 bits per heavy atom. The normalized spacial score (nSPS) is 9.38. The van der Waals surface area contributed by atoms with Gasteiger partial charge in [0.15, 0.2) is 11.6 Å². The third-order valence-corrected chi connectivity index (χ3v) is 1.26. The van der Waals surface area contributed by atoms with Crippen molar-refractivity contribution in [3.63, 3.8) is 0 Å². The minimum absolute atomic E-state index is 0.0475. The number of carbonyl (C=O) groups is 2. The standard InChI is InChI=1S/C7H9N3O3/c1-4(11)9-6-3-2-5(13-6)7(12)10-8/h2-3H,8H2,1H3,(H,9,11)(H,10,12). The van der Waals surface area contributed by atoms with Crippen LogP contribution in [-0.2, 0) is 4.79 Å². The topological polar surface area (TPSA) is 97.4 Å². The molecule has 0 fully saturated rings. The first kappa shape index (κ1) is 9.27. The van der Waals surface area contributed by atoms with Gasteiger partial charge < -0.3 is 4.42 Å². The number of carbonyl (C=O) groups excluding carboxylic acids is 2. The molecule has 0 radical (unpaired) electrons. The van der Waals surface area contributed by atoms with Gasteiger partial charge >= 0.3 is 5.91 Å². The molecule has 4 N–H and O–H groups in total. The molecule has 0 aliphatic carbocycles. The van der Waals surface area contributed by atoms with Gasteiger partial charge in [-0.1, -0.05) is 0 Å². The van der Waals surface area contributed by atoms with E-state index in [4.69, 9.17) is 10.3 Å². The summed E-state index contributed by atoms with van der Waals surface area (Å²) in [5.41, 5.74) is 1.90. The minimum atomic E-state index is -0.545. The van der Waals surface area contributed by atoms with Crippen LogP contribution in [0.25, 0.3) is 0 Å². The van der Waals surface area contributed by atoms with Crippen molar-refractivity contribution in [2.45, 2.75) is 6.92 Å². The van der Waals surface area contributed by atoms with Gasteiger partial charge in [-0.3, -0.25) is 20.3 Å². The summed E-state index contributed by atoms with van der Waals surface area (Å²) in [5, 5.41) is 2.38. The average molecular weight is 183 g/mol. The Labute approximate surface area is 74.1 Å². The van der Waals surface area contributed by atoms with Crippen LogP contribution in [0, 0.1) is 0 Å². The molecule has 0 aliphatic rings. The Morgan fingerprint density at radius 3 is 2.69 bits per heavy atom. The highest BCUT2D eigenvalue weighted by Crippen LogP contribution is 2.12. The predicted molar refractivity (Wildman–Crippen MR) is 44.7 cm³/mol. The Hall–Kier alpha value is -1.82. The van der Waals surface area contributed by atoms with E-state index in [-0.39, 0.29) is 17.6 Å². The van der Waals surface area contributed by atoms with Gasteiger partial charge in [0.25, 0.3) is 0 Å². The molecule has 6 nitrogen and oxygen atoms in total. The first-order valence-corrected chi connectivity index (χ1v) is 3.52. The minimum Gasteiger partial charge on any atom is -0.435 e. The average Bonchev–Trinajstić information content (AvgIpc) is 2.50. The summed E-state index contributed by atoms with van der Waals surface area (Å²) in [4.78, 5) is 21.4. The van der Waals surface area contributed by atoms with Crippen molar-refractivity contribution in [1.82, 2.24) is 5.43 Å². The molecular weight excluding hydrogens is 174 g/mol. The predicted octanol–water partition coefficient (Wildman–Crippen LogP) is -0.159. The fourth-order valence-corrected chi connectivity index (χ4v) is 0.772. The quantitative estimate of drug-likeness (QED) is 0.337. The van der Waals surface area contributed by atoms with Crippen molar-refractivity contribution in [1.29, 1.82) is 0 Å². The summed E-state index contributed by atoms with van der Waals surface area (Å²) in [7, 11) is 0. The van der Waals surface area contributed by atoms with Crippen molar-refractivity contribution < 1.29 is 14.0 Å². The van der Waals surface area contributed by atoms with Gasteiger partial charge in [-0.2, -0.15) is 0 Å². The number of furan rings is 1. The van der Waals surface area contributed by atoms with E-state index in [1.165, 1.54) is 19.1 Å². The highest BCUT2D eigenvalue weighted by molar-refractivity contribution is 5.92. The Kier molecular flexibility index (Phi) is 2.65. The third-order valence-electron chi connectivity index (χ3n) is 1.26. The maximum Gasteiger partial charge on any atom is 0.300 e. The maximum atomic E-state index is 10.9. The van der Waals surface area contributed by atoms with Crippen LogP contribution in [0.15, 0.2) is 16.5 Å². The molecule has 0 unspecified atom stereocenters. The molecule has 2 amide bonds. The molecule has 0 bridgehead atoms. The van der Waals surface area contributed by atoms with E-state index in [1.807, 2.05) is 5.43 Å². The van der Waals surface area contributed by atoms with Crippen LogP contribution in [0.4, 0.5) is 5.88 Å². The van der Waals surface area contributed by atoms with Crippen molar-refractivity contribution >= 4 is 17.7 Å². The van der Waals surface area contributed by atoms with E-state index in [2.05, 4.69) is 5.32 Å². The second-order valence-corrected chi connectivity index (χ2v) is 2.32. The highest BCUT2D eigenvalue weighted by atomic mass is 16.4. The van der Waals surface area contributed by atoms with Gasteiger partial charge in [-0.15, -0.1) is 0 Å². The molecule has 0 atom stereocenters. The van der Waals surface area contributed by atoms with E-state index < -0.39 is 5.91 Å². The lowest BCUT2D eigenvalue weighted by Gasteiger charge is -1.95. The van der Waals surface area contributed by atoms with E-state index in [9.17, 15) is 9.59 Å². The summed E-state index contributed by atoms with van der Waals surface area (Å²) in [6.45, 7) is 1.34. The number of nitrogen functional groups attached to an aromatic ring is 1. The number of amides is 2. The summed E-state index contributed by atoms with van der Waals surface area (Å²) in [6, 6.07) is 2.87. The smallest absolute Gasteiger partial charge is 0.300 e. The number of nitrogens with two attached hydrogens (primary N) is 1. The zero-order valence-corrected chi connectivity index (χ0v) is 6.96. The summed E-state index contributed by atoms with van der Waals surface area (Å²) < 4.78 is 4.92. The Bertz CT molecular complexity index is 331. The van der Waals surface area contributed by atoms with Gasteiger partial charge in [0.2, 0.25) is 5.91 Å². The zero-order chi connectivity index (χ0) is 9.84. The number of hydrogen-bond donors (Lipinski definition) is 3. The maximum absolute atomic E-state index is 10.9. The molecule has 1 aromatic rings. The molecule has 0 saturated heterocycles. The molecule has 6 heteroatoms. The Morgan fingerprint density at radius 1 is 1.46 bits per heavy atom. The molecule has 0 aliphatic heterocycles. The van der Waals surface area contributed by atoms with Gasteiger partial charge in [0, 0.05) is 13.0 Å². The zero-order valence-electron chi connectivity index (χ0n) is 6.96. The van der Waals surface area contributed by atoms with Crippen molar-refractivity contribution in [2.24, 2.45) is 5.84 Å². The van der Waals surface area contributed by atoms with Crippen LogP contribution in [0.1, 0.15) is 17.5 Å². The fraction of sp³-hybridized carbons (Fsp3) is 0.143. The van der Waals surface area contributed by atoms with E-state index in [0.717, 1.165) is 0 Å². The molecule has 1 rings (SSSR count). The van der Waals surface area contributed by atoms with Crippen molar-refractivity contribution in [3.8, 4) is 0 Å². The van der Waals surface area contributed by atoms with E-state index >= 15 is 0 Å². The van der Waals surface area contributed by atoms with E-state index in [1.54, 1.807) is 0 Å². The number of nitrogens with one attached hydrogen (secondary N) is 2. The number of hydrazine groups is 1. The summed E-state index contributed by atoms with van der Waals surface area (Å²) in [5.74, 6) is 4.31. The molecule has 0 spiro atoms. The highest BCUT2D eigenvalue weighted by Gasteiger charge is 2.09. The number of anilines is 1. The molecule has 0 aromatic carbocycles. The lowest BCUT2D eigenvalue weighted by atomic mass is 10.4. The van der Waals surface area contributed by atoms with Crippen LogP contribution >= 0.6 is 0 Å². The molecule has 1 aromatic heterocycles. The van der Waals surface area contributed by atoms with E-state index in [0.29, 0.717) is 0 Å². The van der Waals surface area contributed by atoms with Crippen LogP contribution in [-0.4, -0.2) is 11.8 Å². The first-order valence-electron chi connectivity index (χ1n) is 3.52. The SMILES string of the molecule is CC(=O)Nc1ccc(C(=O)NN)o1. The van der Waals surface area contributed by atoms with Crippen LogP contribution in [0.2, 0.25) is 0 Å². The second kappa shape index (κ2) is 3.72. The van der Waals surface area contributed by atoms with Crippen LogP contribution in [0.5, 0.6) is 0 Å². The van der Waals surface area contributed by atoms with Crippen LogP contribution in [0.3, 0.4) is 0 Å². The monoisotopic (exact) mass is 183 g/mol. The number of hydrogen-bond acceptors (Lipinski definition) is 4.